The second kappa shape index (κ2) is 10.3. The van der Waals surface area contributed by atoms with E-state index < -0.39 is 10.2 Å². The molecule has 0 N–H and O–H groups in total. The first kappa shape index (κ1) is 24.6. The Hall–Kier alpha value is -3.06. The highest BCUT2D eigenvalue weighted by Crippen LogP contribution is 2.30. The van der Waals surface area contributed by atoms with E-state index in [9.17, 15) is 0 Å². The van der Waals surface area contributed by atoms with Crippen LogP contribution in [0.5, 0.6) is 0 Å². The van der Waals surface area contributed by atoms with Crippen LogP contribution >= 0.6 is 0 Å². The third kappa shape index (κ3) is 6.96. The van der Waals surface area contributed by atoms with Crippen LogP contribution in [0.3, 0.4) is 0 Å². The second-order valence-electron chi connectivity index (χ2n) is 8.55. The van der Waals surface area contributed by atoms with Crippen LogP contribution in [0.4, 0.5) is 0 Å². The quantitative estimate of drug-likeness (QED) is 0.433. The molecule has 0 saturated heterocycles. The van der Waals surface area contributed by atoms with Gasteiger partial charge >= 0.3 is 0 Å². The van der Waals surface area contributed by atoms with Crippen molar-refractivity contribution in [3.63, 3.8) is 0 Å². The Kier molecular flexibility index (Phi) is 7.64. The number of pyridine rings is 1. The van der Waals surface area contributed by atoms with Crippen molar-refractivity contribution < 1.29 is 33.4 Å². The summed E-state index contributed by atoms with van der Waals surface area (Å²) >= 11 is 0. The predicted octanol–water partition coefficient (Wildman–Crippen LogP) is 1.84. The van der Waals surface area contributed by atoms with Gasteiger partial charge in [-0.15, -0.1) is 10.2 Å². The number of nitrogens with zero attached hydrogens (tertiary/aromatic N) is 1. The summed E-state index contributed by atoms with van der Waals surface area (Å²) in [5, 5.41) is 0. The predicted molar refractivity (Wildman–Crippen MR) is 118 cm³/mol. The minimum atomic E-state index is -4.94. The lowest BCUT2D eigenvalue weighted by atomic mass is 9.88. The third-order valence-electron chi connectivity index (χ3n) is 5.03. The van der Waals surface area contributed by atoms with E-state index in [-0.39, 0.29) is 5.41 Å². The summed E-state index contributed by atoms with van der Waals surface area (Å²) in [6.45, 7) is 6.85. The van der Waals surface area contributed by atoms with E-state index >= 15 is 0 Å². The Morgan fingerprint density at radius 2 is 1.00 bits per heavy atom. The Balaban J connectivity index is 0.000000555. The zero-order valence-electron chi connectivity index (χ0n) is 18.8. The maximum absolute atomic E-state index is 8.49. The van der Waals surface area contributed by atoms with Crippen molar-refractivity contribution in [1.29, 1.82) is 0 Å². The molecular formula is C27H26ClNO4. The van der Waals surface area contributed by atoms with Crippen molar-refractivity contribution in [3.05, 3.63) is 109 Å². The second-order valence-corrected chi connectivity index (χ2v) is 9.30. The molecule has 1 heterocycles. The van der Waals surface area contributed by atoms with Crippen LogP contribution in [-0.4, -0.2) is 0 Å². The molecule has 0 aliphatic carbocycles. The highest BCUT2D eigenvalue weighted by Gasteiger charge is 2.31. The van der Waals surface area contributed by atoms with Gasteiger partial charge in [-0.3, -0.25) is 0 Å². The topological polar surface area (TPSA) is 96.1 Å². The Labute approximate surface area is 196 Å². The minimum Gasteiger partial charge on any atom is -0.222 e. The molecule has 0 bridgehead atoms. The van der Waals surface area contributed by atoms with Gasteiger partial charge in [0.2, 0.25) is 11.4 Å². The highest BCUT2D eigenvalue weighted by atomic mass is 35.7. The Bertz CT molecular complexity index is 1160. The molecule has 5 nitrogen and oxygen atoms in total. The SMILES string of the molecule is CC(C)(C)c1cc(-c2ccccc2)cc(-c2ccccc2)[n+]1-c1ccccc1.[O-][Cl+3]([O-])([O-])[O-]. The smallest absolute Gasteiger partial charge is 0.219 e. The van der Waals surface area contributed by atoms with Gasteiger partial charge in [0.25, 0.3) is 0 Å². The van der Waals surface area contributed by atoms with Gasteiger partial charge in [0.1, 0.15) is 0 Å². The first-order chi connectivity index (χ1) is 15.5. The zero-order chi connectivity index (χ0) is 24.1. The lowest BCUT2D eigenvalue weighted by molar-refractivity contribution is -2.00. The molecule has 0 aliphatic rings. The van der Waals surface area contributed by atoms with Crippen molar-refractivity contribution in [1.82, 2.24) is 0 Å². The zero-order valence-corrected chi connectivity index (χ0v) is 19.5. The maximum Gasteiger partial charge on any atom is 0.219 e. The lowest BCUT2D eigenvalue weighted by Crippen LogP contribution is -2.68. The van der Waals surface area contributed by atoms with Gasteiger partial charge < -0.3 is 0 Å². The molecule has 0 amide bonds. The average molecular weight is 464 g/mol. The summed E-state index contributed by atoms with van der Waals surface area (Å²) in [5.41, 5.74) is 7.38. The molecule has 4 rings (SSSR count). The molecule has 4 aromatic rings. The molecule has 0 spiro atoms. The molecule has 33 heavy (non-hydrogen) atoms. The molecule has 0 unspecified atom stereocenters. The average Bonchev–Trinajstić information content (AvgIpc) is 2.78. The van der Waals surface area contributed by atoms with Crippen LogP contribution in [-0.2, 0) is 5.41 Å². The van der Waals surface area contributed by atoms with Gasteiger partial charge in [0.05, 0.1) is 0 Å². The number of halogens is 1. The molecular weight excluding hydrogens is 438 g/mol. The lowest BCUT2D eigenvalue weighted by Gasteiger charge is -2.20. The van der Waals surface area contributed by atoms with Crippen molar-refractivity contribution >= 4 is 0 Å². The van der Waals surface area contributed by atoms with Crippen LogP contribution in [0.15, 0.2) is 103 Å². The van der Waals surface area contributed by atoms with Gasteiger partial charge in [-0.05, 0) is 23.3 Å². The van der Waals surface area contributed by atoms with Gasteiger partial charge in [-0.25, -0.2) is 18.6 Å². The molecule has 0 saturated carbocycles. The van der Waals surface area contributed by atoms with Crippen molar-refractivity contribution in [2.24, 2.45) is 0 Å². The summed E-state index contributed by atoms with van der Waals surface area (Å²) in [4.78, 5) is 0. The summed E-state index contributed by atoms with van der Waals surface area (Å²) in [7, 11) is -4.94. The van der Waals surface area contributed by atoms with Crippen LogP contribution in [0.2, 0.25) is 0 Å². The summed E-state index contributed by atoms with van der Waals surface area (Å²) in [5.74, 6) is 0. The van der Waals surface area contributed by atoms with Crippen LogP contribution < -0.4 is 23.2 Å². The van der Waals surface area contributed by atoms with Gasteiger partial charge in [-0.1, -0.05) is 87.5 Å². The molecule has 3 aromatic carbocycles. The normalized spacial score (nSPS) is 11.5. The third-order valence-corrected chi connectivity index (χ3v) is 5.03. The minimum absolute atomic E-state index is 0.00976. The molecule has 6 heteroatoms. The first-order valence-electron chi connectivity index (χ1n) is 10.4. The fraction of sp³-hybridized carbons (Fsp3) is 0.148. The molecule has 0 atom stereocenters. The fourth-order valence-corrected chi connectivity index (χ4v) is 3.62. The number of para-hydroxylation sites is 1. The van der Waals surface area contributed by atoms with Crippen molar-refractivity contribution in [3.8, 4) is 28.1 Å². The number of hydrogen-bond donors (Lipinski definition) is 0. The summed E-state index contributed by atoms with van der Waals surface area (Å²) in [6.07, 6.45) is 0. The van der Waals surface area contributed by atoms with E-state index in [0.29, 0.717) is 0 Å². The Morgan fingerprint density at radius 3 is 1.45 bits per heavy atom. The highest BCUT2D eigenvalue weighted by molar-refractivity contribution is 5.69. The number of aromatic nitrogens is 1. The molecule has 0 fully saturated rings. The van der Waals surface area contributed by atoms with E-state index in [2.05, 4.69) is 128 Å². The van der Waals surface area contributed by atoms with Crippen LogP contribution in [0.25, 0.3) is 28.1 Å². The summed E-state index contributed by atoms with van der Waals surface area (Å²) < 4.78 is 36.4. The van der Waals surface area contributed by atoms with E-state index in [1.807, 2.05) is 0 Å². The van der Waals surface area contributed by atoms with Gasteiger partial charge in [0.15, 0.2) is 5.69 Å². The molecule has 1 aromatic heterocycles. The monoisotopic (exact) mass is 463 g/mol. The number of benzene rings is 3. The first-order valence-corrected chi connectivity index (χ1v) is 11.7. The van der Waals surface area contributed by atoms with Crippen LogP contribution in [0, 0.1) is 10.2 Å². The maximum atomic E-state index is 8.49. The largest absolute Gasteiger partial charge is 0.222 e. The van der Waals surface area contributed by atoms with E-state index in [0.717, 1.165) is 0 Å². The fourth-order valence-electron chi connectivity index (χ4n) is 3.62. The molecule has 0 radical (unpaired) electrons. The Morgan fingerprint density at radius 1 is 0.576 bits per heavy atom. The van der Waals surface area contributed by atoms with E-state index in [1.54, 1.807) is 0 Å². The van der Waals surface area contributed by atoms with Crippen LogP contribution in [0.1, 0.15) is 26.5 Å². The van der Waals surface area contributed by atoms with E-state index in [1.165, 1.54) is 33.8 Å². The molecule has 170 valence electrons. The van der Waals surface area contributed by atoms with Crippen molar-refractivity contribution in [2.45, 2.75) is 26.2 Å². The number of rotatable bonds is 3. The number of hydrogen-bond acceptors (Lipinski definition) is 4. The molecule has 0 aliphatic heterocycles. The van der Waals surface area contributed by atoms with Gasteiger partial charge in [0, 0.05) is 35.2 Å². The summed E-state index contributed by atoms with van der Waals surface area (Å²) in [6, 6.07) is 36.6. The van der Waals surface area contributed by atoms with E-state index in [4.69, 9.17) is 18.6 Å². The van der Waals surface area contributed by atoms with Crippen molar-refractivity contribution in [2.75, 3.05) is 0 Å². The standard InChI is InChI=1S/C27H26N.ClHO4/c1-27(2,3)26-20-23(21-13-7-4-8-14-21)19-25(22-15-9-5-10-16-22)28(26)24-17-11-6-12-18-24;2-1(3,4)5/h4-20H,1-3H3;(H,2,3,4,5)/q+1;/p-1. The van der Waals surface area contributed by atoms with Gasteiger partial charge in [-0.2, -0.15) is 4.57 Å².